The highest BCUT2D eigenvalue weighted by Crippen LogP contribution is 2.30. The lowest BCUT2D eigenvalue weighted by Crippen LogP contribution is -1.98. The van der Waals surface area contributed by atoms with Gasteiger partial charge < -0.3 is 5.32 Å². The highest BCUT2D eigenvalue weighted by atomic mass is 79.9. The number of anilines is 2. The maximum absolute atomic E-state index is 5.91. The summed E-state index contributed by atoms with van der Waals surface area (Å²) in [5.74, 6) is 0.665. The van der Waals surface area contributed by atoms with Crippen molar-refractivity contribution in [2.24, 2.45) is 0 Å². The van der Waals surface area contributed by atoms with E-state index >= 15 is 0 Å². The van der Waals surface area contributed by atoms with E-state index in [0.717, 1.165) is 5.69 Å². The lowest BCUT2D eigenvalue weighted by molar-refractivity contribution is 1.15. The van der Waals surface area contributed by atoms with E-state index in [1.807, 2.05) is 12.1 Å². The second-order valence-electron chi connectivity index (χ2n) is 3.70. The molecule has 0 aliphatic heterocycles. The van der Waals surface area contributed by atoms with Crippen LogP contribution in [0.15, 0.2) is 29.0 Å². The maximum atomic E-state index is 5.91. The van der Waals surface area contributed by atoms with E-state index in [2.05, 4.69) is 51.1 Å². The molecule has 0 atom stereocenters. The van der Waals surface area contributed by atoms with E-state index in [-0.39, 0.29) is 0 Å². The first-order valence-corrected chi connectivity index (χ1v) is 6.26. The largest absolute Gasteiger partial charge is 0.339 e. The molecule has 0 spiro atoms. The molecule has 1 aromatic carbocycles. The number of aromatic nitrogens is 2. The Bertz CT molecular complexity index is 508. The third-order valence-corrected chi connectivity index (χ3v) is 3.87. The second-order valence-corrected chi connectivity index (χ2v) is 4.85. The van der Waals surface area contributed by atoms with Gasteiger partial charge in [-0.25, -0.2) is 9.97 Å². The molecule has 3 nitrogen and oxygen atoms in total. The molecule has 0 amide bonds. The zero-order valence-corrected chi connectivity index (χ0v) is 11.8. The van der Waals surface area contributed by atoms with Crippen LogP contribution in [0.5, 0.6) is 0 Å². The molecule has 0 unspecified atom stereocenters. The molecule has 0 fully saturated rings. The highest BCUT2D eigenvalue weighted by Gasteiger charge is 2.08. The molecule has 0 radical (unpaired) electrons. The molecule has 1 N–H and O–H groups in total. The quantitative estimate of drug-likeness (QED) is 0.842. The van der Waals surface area contributed by atoms with Crippen molar-refractivity contribution >= 4 is 39.0 Å². The Balaban J connectivity index is 2.38. The Hall–Kier alpha value is -1.13. The van der Waals surface area contributed by atoms with Gasteiger partial charge in [0.05, 0.1) is 4.47 Å². The molecule has 17 heavy (non-hydrogen) atoms. The van der Waals surface area contributed by atoms with Crippen molar-refractivity contribution in [1.82, 2.24) is 9.97 Å². The Morgan fingerprint density at radius 1 is 1.24 bits per heavy atom. The van der Waals surface area contributed by atoms with Gasteiger partial charge in [0, 0.05) is 5.69 Å². The standard InChI is InChI=1S/C12H11BrClN3/c1-7-4-3-5-9(8(7)2)17-12-10(13)11(14)15-6-16-12/h3-6H,1-2H3,(H,15,16,17). The number of hydrogen-bond acceptors (Lipinski definition) is 3. The third-order valence-electron chi connectivity index (χ3n) is 2.60. The van der Waals surface area contributed by atoms with Crippen molar-refractivity contribution in [3.8, 4) is 0 Å². The van der Waals surface area contributed by atoms with E-state index in [4.69, 9.17) is 11.6 Å². The lowest BCUT2D eigenvalue weighted by atomic mass is 10.1. The Morgan fingerprint density at radius 2 is 2.00 bits per heavy atom. The van der Waals surface area contributed by atoms with Gasteiger partial charge in [0.2, 0.25) is 0 Å². The minimum absolute atomic E-state index is 0.396. The molecule has 0 bridgehead atoms. The Kier molecular flexibility index (Phi) is 3.64. The lowest BCUT2D eigenvalue weighted by Gasteiger charge is -2.11. The zero-order chi connectivity index (χ0) is 12.4. The second kappa shape index (κ2) is 5.02. The molecule has 0 aliphatic rings. The Labute approximate surface area is 113 Å². The smallest absolute Gasteiger partial charge is 0.149 e. The molecule has 2 rings (SSSR count). The number of aryl methyl sites for hydroxylation is 1. The van der Waals surface area contributed by atoms with Gasteiger partial charge in [0.25, 0.3) is 0 Å². The monoisotopic (exact) mass is 311 g/mol. The summed E-state index contributed by atoms with van der Waals surface area (Å²) in [5, 5.41) is 3.64. The van der Waals surface area contributed by atoms with Crippen LogP contribution in [0.3, 0.4) is 0 Å². The maximum Gasteiger partial charge on any atom is 0.149 e. The zero-order valence-electron chi connectivity index (χ0n) is 9.46. The molecule has 0 saturated heterocycles. The molecule has 1 aromatic heterocycles. The van der Waals surface area contributed by atoms with Gasteiger partial charge >= 0.3 is 0 Å². The van der Waals surface area contributed by atoms with Crippen molar-refractivity contribution in [2.45, 2.75) is 13.8 Å². The number of rotatable bonds is 2. The predicted octanol–water partition coefficient (Wildman–Crippen LogP) is 4.25. The van der Waals surface area contributed by atoms with Crippen LogP contribution in [0.1, 0.15) is 11.1 Å². The van der Waals surface area contributed by atoms with Crippen LogP contribution in [0.4, 0.5) is 11.5 Å². The number of hydrogen-bond donors (Lipinski definition) is 1. The average molecular weight is 313 g/mol. The van der Waals surface area contributed by atoms with Gasteiger partial charge in [-0.15, -0.1) is 0 Å². The number of halogens is 2. The summed E-state index contributed by atoms with van der Waals surface area (Å²) in [4.78, 5) is 8.04. The summed E-state index contributed by atoms with van der Waals surface area (Å²) in [6.45, 7) is 4.14. The first-order chi connectivity index (χ1) is 8.09. The van der Waals surface area contributed by atoms with Crippen molar-refractivity contribution < 1.29 is 0 Å². The molecule has 0 saturated carbocycles. The Morgan fingerprint density at radius 3 is 2.76 bits per heavy atom. The van der Waals surface area contributed by atoms with Crippen molar-refractivity contribution in [3.63, 3.8) is 0 Å². The normalized spacial score (nSPS) is 10.4. The minimum Gasteiger partial charge on any atom is -0.339 e. The van der Waals surface area contributed by atoms with Crippen LogP contribution >= 0.6 is 27.5 Å². The number of nitrogens with one attached hydrogen (secondary N) is 1. The fraction of sp³-hybridized carbons (Fsp3) is 0.167. The molecular weight excluding hydrogens is 302 g/mol. The molecular formula is C12H11BrClN3. The van der Waals surface area contributed by atoms with Crippen molar-refractivity contribution in [2.75, 3.05) is 5.32 Å². The van der Waals surface area contributed by atoms with Crippen LogP contribution in [-0.4, -0.2) is 9.97 Å². The molecule has 88 valence electrons. The summed E-state index contributed by atoms with van der Waals surface area (Å²) >= 11 is 9.27. The summed E-state index contributed by atoms with van der Waals surface area (Å²) in [6, 6.07) is 6.08. The number of benzene rings is 1. The van der Waals surface area contributed by atoms with E-state index in [9.17, 15) is 0 Å². The van der Waals surface area contributed by atoms with Crippen LogP contribution in [0.25, 0.3) is 0 Å². The van der Waals surface area contributed by atoms with Crippen LogP contribution in [0, 0.1) is 13.8 Å². The van der Waals surface area contributed by atoms with Gasteiger partial charge in [-0.2, -0.15) is 0 Å². The molecule has 1 heterocycles. The van der Waals surface area contributed by atoms with Crippen LogP contribution in [-0.2, 0) is 0 Å². The first kappa shape index (κ1) is 12.3. The van der Waals surface area contributed by atoms with E-state index < -0.39 is 0 Å². The third kappa shape index (κ3) is 2.58. The van der Waals surface area contributed by atoms with E-state index in [1.165, 1.54) is 17.5 Å². The molecule has 2 aromatic rings. The van der Waals surface area contributed by atoms with Gasteiger partial charge in [-0.1, -0.05) is 23.7 Å². The minimum atomic E-state index is 0.396. The predicted molar refractivity (Wildman–Crippen MR) is 73.9 cm³/mol. The summed E-state index contributed by atoms with van der Waals surface area (Å²) in [5.41, 5.74) is 3.43. The fourth-order valence-electron chi connectivity index (χ4n) is 1.45. The summed E-state index contributed by atoms with van der Waals surface area (Å²) < 4.78 is 0.669. The van der Waals surface area contributed by atoms with E-state index in [1.54, 1.807) is 0 Å². The number of nitrogens with zero attached hydrogens (tertiary/aromatic N) is 2. The fourth-order valence-corrected chi connectivity index (χ4v) is 1.89. The SMILES string of the molecule is Cc1cccc(Nc2ncnc(Cl)c2Br)c1C. The summed E-state index contributed by atoms with van der Waals surface area (Å²) in [6.07, 6.45) is 1.43. The average Bonchev–Trinajstić information content (AvgIpc) is 2.31. The van der Waals surface area contributed by atoms with Crippen molar-refractivity contribution in [1.29, 1.82) is 0 Å². The van der Waals surface area contributed by atoms with Gasteiger partial charge in [-0.3, -0.25) is 0 Å². The molecule has 5 heteroatoms. The molecule has 0 aliphatic carbocycles. The van der Waals surface area contributed by atoms with Crippen LogP contribution < -0.4 is 5.32 Å². The van der Waals surface area contributed by atoms with E-state index in [0.29, 0.717) is 15.4 Å². The van der Waals surface area contributed by atoms with Gasteiger partial charge in [0.15, 0.2) is 0 Å². The van der Waals surface area contributed by atoms with Crippen LogP contribution in [0.2, 0.25) is 5.15 Å². The van der Waals surface area contributed by atoms with Gasteiger partial charge in [-0.05, 0) is 47.0 Å². The topological polar surface area (TPSA) is 37.8 Å². The summed E-state index contributed by atoms with van der Waals surface area (Å²) in [7, 11) is 0. The van der Waals surface area contributed by atoms with Crippen molar-refractivity contribution in [3.05, 3.63) is 45.3 Å². The highest BCUT2D eigenvalue weighted by molar-refractivity contribution is 9.10. The first-order valence-electron chi connectivity index (χ1n) is 5.09. The van der Waals surface area contributed by atoms with Gasteiger partial charge in [0.1, 0.15) is 17.3 Å².